The standard InChI is InChI=1S/C23H23F3N2O4S/c1-33(30,31)12-11-19(14-7-8-14)27-21(29)17-13-18(24)20(23(25,26)15-9-10-15)28-22(17)32-16-5-3-2-4-6-16/h2-6,11-15,19H,7-10H2,1H3,(H,27,29)/b12-11+. The lowest BCUT2D eigenvalue weighted by atomic mass is 10.1. The zero-order valence-corrected chi connectivity index (χ0v) is 18.6. The molecule has 1 heterocycles. The van der Waals surface area contributed by atoms with Crippen molar-refractivity contribution in [1.29, 1.82) is 0 Å². The molecule has 1 atom stereocenters. The molecule has 6 nitrogen and oxygen atoms in total. The minimum Gasteiger partial charge on any atom is -0.438 e. The molecule has 0 spiro atoms. The van der Waals surface area contributed by atoms with E-state index in [1.807, 2.05) is 0 Å². The van der Waals surface area contributed by atoms with Crippen LogP contribution >= 0.6 is 0 Å². The fraction of sp³-hybridized carbons (Fsp3) is 0.391. The topological polar surface area (TPSA) is 85.4 Å². The van der Waals surface area contributed by atoms with E-state index in [-0.39, 0.29) is 30.1 Å². The van der Waals surface area contributed by atoms with Gasteiger partial charge in [-0.05, 0) is 49.8 Å². The van der Waals surface area contributed by atoms with Gasteiger partial charge in [-0.3, -0.25) is 4.79 Å². The Morgan fingerprint density at radius 1 is 1.21 bits per heavy atom. The lowest BCUT2D eigenvalue weighted by molar-refractivity contribution is -0.0367. The van der Waals surface area contributed by atoms with Crippen LogP contribution in [0.15, 0.2) is 47.9 Å². The second-order valence-electron chi connectivity index (χ2n) is 8.48. The predicted molar refractivity (Wildman–Crippen MR) is 115 cm³/mol. The maximum atomic E-state index is 14.8. The van der Waals surface area contributed by atoms with Gasteiger partial charge in [-0.2, -0.15) is 8.78 Å². The molecule has 10 heteroatoms. The Morgan fingerprint density at radius 3 is 2.45 bits per heavy atom. The number of aromatic nitrogens is 1. The number of carbonyl (C=O) groups is 1. The third-order valence-corrected chi connectivity index (χ3v) is 6.16. The Balaban J connectivity index is 1.68. The third-order valence-electron chi connectivity index (χ3n) is 5.51. The number of alkyl halides is 2. The molecule has 4 rings (SSSR count). The maximum absolute atomic E-state index is 14.8. The first-order chi connectivity index (χ1) is 15.5. The van der Waals surface area contributed by atoms with Crippen molar-refractivity contribution in [3.05, 3.63) is 65.0 Å². The number of carbonyl (C=O) groups excluding carboxylic acids is 1. The first-order valence-corrected chi connectivity index (χ1v) is 12.5. The molecule has 1 aromatic heterocycles. The number of hydrogen-bond acceptors (Lipinski definition) is 5. The van der Waals surface area contributed by atoms with Crippen molar-refractivity contribution in [2.45, 2.75) is 37.6 Å². The molecule has 2 saturated carbocycles. The molecular formula is C23H23F3N2O4S. The molecule has 2 aromatic rings. The molecule has 2 aliphatic carbocycles. The molecule has 176 valence electrons. The molecule has 2 aliphatic rings. The van der Waals surface area contributed by atoms with E-state index in [2.05, 4.69) is 10.3 Å². The first kappa shape index (κ1) is 23.3. The summed E-state index contributed by atoms with van der Waals surface area (Å²) >= 11 is 0. The molecule has 2 fully saturated rings. The number of nitrogens with zero attached hydrogens (tertiary/aromatic N) is 1. The average Bonchev–Trinajstić information content (AvgIpc) is 3.63. The van der Waals surface area contributed by atoms with Crippen molar-refractivity contribution in [3.8, 4) is 11.6 Å². The van der Waals surface area contributed by atoms with E-state index >= 15 is 0 Å². The molecule has 1 N–H and O–H groups in total. The Morgan fingerprint density at radius 2 is 1.88 bits per heavy atom. The van der Waals surface area contributed by atoms with Crippen molar-refractivity contribution in [2.24, 2.45) is 11.8 Å². The summed E-state index contributed by atoms with van der Waals surface area (Å²) in [5.74, 6) is -6.76. The van der Waals surface area contributed by atoms with Crippen LogP contribution in [-0.4, -0.2) is 31.6 Å². The molecule has 1 aromatic carbocycles. The highest BCUT2D eigenvalue weighted by Gasteiger charge is 2.51. The van der Waals surface area contributed by atoms with E-state index < -0.39 is 51.0 Å². The van der Waals surface area contributed by atoms with Gasteiger partial charge in [0.2, 0.25) is 5.88 Å². The van der Waals surface area contributed by atoms with Gasteiger partial charge < -0.3 is 10.1 Å². The molecule has 33 heavy (non-hydrogen) atoms. The van der Waals surface area contributed by atoms with Crippen molar-refractivity contribution in [1.82, 2.24) is 10.3 Å². The van der Waals surface area contributed by atoms with Crippen LogP contribution in [-0.2, 0) is 15.8 Å². The van der Waals surface area contributed by atoms with Crippen LogP contribution in [0.2, 0.25) is 0 Å². The number of hydrogen-bond donors (Lipinski definition) is 1. The van der Waals surface area contributed by atoms with Gasteiger partial charge >= 0.3 is 0 Å². The van der Waals surface area contributed by atoms with Crippen LogP contribution in [0.5, 0.6) is 11.6 Å². The van der Waals surface area contributed by atoms with Gasteiger partial charge in [0.05, 0.1) is 6.04 Å². The highest BCUT2D eigenvalue weighted by atomic mass is 32.2. The summed E-state index contributed by atoms with van der Waals surface area (Å²) in [6, 6.07) is 8.21. The number of halogens is 3. The van der Waals surface area contributed by atoms with Gasteiger partial charge in [0.15, 0.2) is 15.7 Å². The summed E-state index contributed by atoms with van der Waals surface area (Å²) in [4.78, 5) is 16.8. The van der Waals surface area contributed by atoms with E-state index in [1.165, 1.54) is 6.08 Å². The minimum atomic E-state index is -3.48. The molecule has 0 bridgehead atoms. The van der Waals surface area contributed by atoms with Crippen LogP contribution in [0.25, 0.3) is 0 Å². The molecule has 1 unspecified atom stereocenters. The Kier molecular flexibility index (Phi) is 6.22. The molecule has 1 amide bonds. The molecule has 0 aliphatic heterocycles. The highest BCUT2D eigenvalue weighted by Crippen LogP contribution is 2.50. The van der Waals surface area contributed by atoms with Crippen molar-refractivity contribution in [3.63, 3.8) is 0 Å². The fourth-order valence-corrected chi connectivity index (χ4v) is 3.88. The number of amides is 1. The normalized spacial score (nSPS) is 17.7. The van der Waals surface area contributed by atoms with Gasteiger partial charge in [0, 0.05) is 17.6 Å². The average molecular weight is 481 g/mol. The zero-order chi connectivity index (χ0) is 23.8. The van der Waals surface area contributed by atoms with Crippen LogP contribution in [0, 0.1) is 17.7 Å². The number of para-hydroxylation sites is 1. The van der Waals surface area contributed by atoms with Crippen LogP contribution < -0.4 is 10.1 Å². The van der Waals surface area contributed by atoms with E-state index in [9.17, 15) is 26.4 Å². The molecule has 0 saturated heterocycles. The summed E-state index contributed by atoms with van der Waals surface area (Å²) in [6.07, 6.45) is 4.49. The summed E-state index contributed by atoms with van der Waals surface area (Å²) in [5, 5.41) is 3.65. The Bertz CT molecular complexity index is 1180. The Labute approximate surface area is 189 Å². The van der Waals surface area contributed by atoms with Gasteiger partial charge in [-0.15, -0.1) is 0 Å². The third kappa shape index (κ3) is 5.73. The molecule has 0 radical (unpaired) electrons. The minimum absolute atomic E-state index is 0.0294. The van der Waals surface area contributed by atoms with E-state index in [1.54, 1.807) is 30.3 Å². The fourth-order valence-electron chi connectivity index (χ4n) is 3.42. The molecular weight excluding hydrogens is 457 g/mol. The van der Waals surface area contributed by atoms with Crippen LogP contribution in [0.4, 0.5) is 13.2 Å². The predicted octanol–water partition coefficient (Wildman–Crippen LogP) is 4.58. The summed E-state index contributed by atoms with van der Waals surface area (Å²) < 4.78 is 72.6. The van der Waals surface area contributed by atoms with Crippen molar-refractivity contribution >= 4 is 15.7 Å². The van der Waals surface area contributed by atoms with E-state index in [0.29, 0.717) is 6.07 Å². The maximum Gasteiger partial charge on any atom is 0.295 e. The second kappa shape index (κ2) is 8.81. The van der Waals surface area contributed by atoms with E-state index in [4.69, 9.17) is 4.74 Å². The second-order valence-corrected chi connectivity index (χ2v) is 10.4. The van der Waals surface area contributed by atoms with Gasteiger partial charge in [-0.1, -0.05) is 24.3 Å². The zero-order valence-electron chi connectivity index (χ0n) is 17.8. The van der Waals surface area contributed by atoms with Gasteiger partial charge in [0.1, 0.15) is 17.0 Å². The summed E-state index contributed by atoms with van der Waals surface area (Å²) in [6.45, 7) is 0. The SMILES string of the molecule is CS(=O)(=O)/C=C/C(NC(=O)c1cc(F)c(C(F)(F)C2CC2)nc1Oc1ccccc1)C1CC1. The summed E-state index contributed by atoms with van der Waals surface area (Å²) in [7, 11) is -3.42. The van der Waals surface area contributed by atoms with Gasteiger partial charge in [-0.25, -0.2) is 17.8 Å². The number of sulfone groups is 1. The first-order valence-electron chi connectivity index (χ1n) is 10.6. The number of nitrogens with one attached hydrogen (secondary N) is 1. The quantitative estimate of drug-likeness (QED) is 0.568. The highest BCUT2D eigenvalue weighted by molar-refractivity contribution is 7.93. The van der Waals surface area contributed by atoms with Crippen LogP contribution in [0.1, 0.15) is 41.7 Å². The lowest BCUT2D eigenvalue weighted by Crippen LogP contribution is -2.35. The summed E-state index contributed by atoms with van der Waals surface area (Å²) in [5.41, 5.74) is -1.41. The van der Waals surface area contributed by atoms with Crippen molar-refractivity contribution < 1.29 is 31.1 Å². The van der Waals surface area contributed by atoms with Crippen molar-refractivity contribution in [2.75, 3.05) is 6.26 Å². The largest absolute Gasteiger partial charge is 0.438 e. The number of ether oxygens (including phenoxy) is 1. The smallest absolute Gasteiger partial charge is 0.295 e. The van der Waals surface area contributed by atoms with Gasteiger partial charge in [0.25, 0.3) is 11.8 Å². The van der Waals surface area contributed by atoms with E-state index in [0.717, 1.165) is 24.5 Å². The lowest BCUT2D eigenvalue weighted by Gasteiger charge is -2.20. The monoisotopic (exact) mass is 480 g/mol. The Hall–Kier alpha value is -2.88. The number of rotatable bonds is 9. The number of benzene rings is 1. The van der Waals surface area contributed by atoms with Crippen LogP contribution in [0.3, 0.4) is 0 Å². The number of pyridine rings is 1.